The highest BCUT2D eigenvalue weighted by atomic mass is 79.9. The van der Waals surface area contributed by atoms with Gasteiger partial charge in [-0.3, -0.25) is 9.48 Å². The third-order valence-electron chi connectivity index (χ3n) is 1.59. The summed E-state index contributed by atoms with van der Waals surface area (Å²) in [4.78, 5) is 10.4. The number of aryl methyl sites for hydroxylation is 1. The maximum absolute atomic E-state index is 10.4. The first-order valence-electron chi connectivity index (χ1n) is 3.76. The lowest BCUT2D eigenvalue weighted by Crippen LogP contribution is -2.31. The molecular formula is C7H10BrN3O2. The first kappa shape index (κ1) is 10.2. The van der Waals surface area contributed by atoms with Crippen LogP contribution < -0.4 is 5.73 Å². The summed E-state index contributed by atoms with van der Waals surface area (Å²) in [5, 5.41) is 12.5. The van der Waals surface area contributed by atoms with E-state index in [2.05, 4.69) is 21.0 Å². The molecule has 1 rings (SSSR count). The van der Waals surface area contributed by atoms with Gasteiger partial charge in [-0.1, -0.05) is 0 Å². The van der Waals surface area contributed by atoms with Crippen molar-refractivity contribution in [2.45, 2.75) is 19.0 Å². The van der Waals surface area contributed by atoms with E-state index < -0.39 is 12.0 Å². The molecule has 1 aromatic rings. The van der Waals surface area contributed by atoms with Crippen LogP contribution in [0.4, 0.5) is 0 Å². The molecule has 13 heavy (non-hydrogen) atoms. The van der Waals surface area contributed by atoms with Crippen molar-refractivity contribution in [2.24, 2.45) is 5.73 Å². The Labute approximate surface area is 83.7 Å². The molecule has 0 fully saturated rings. The number of aliphatic carboxylic acids is 1. The third kappa shape index (κ3) is 3.16. The number of hydrogen-bond acceptors (Lipinski definition) is 3. The average Bonchev–Trinajstić information content (AvgIpc) is 2.47. The predicted octanol–water partition coefficient (Wildman–Crippen LogP) is 0.448. The summed E-state index contributed by atoms with van der Waals surface area (Å²) >= 11 is 3.24. The first-order valence-corrected chi connectivity index (χ1v) is 4.55. The molecule has 1 heterocycles. The fourth-order valence-corrected chi connectivity index (χ4v) is 1.18. The Kier molecular flexibility index (Phi) is 3.44. The van der Waals surface area contributed by atoms with Gasteiger partial charge in [0.25, 0.3) is 0 Å². The third-order valence-corrected chi connectivity index (χ3v) is 2.00. The Morgan fingerprint density at radius 3 is 3.00 bits per heavy atom. The molecular weight excluding hydrogens is 238 g/mol. The van der Waals surface area contributed by atoms with Crippen LogP contribution >= 0.6 is 15.9 Å². The highest BCUT2D eigenvalue weighted by Gasteiger charge is 2.10. The minimum absolute atomic E-state index is 0.378. The Hall–Kier alpha value is -0.880. The molecule has 3 N–H and O–H groups in total. The summed E-state index contributed by atoms with van der Waals surface area (Å²) in [6.45, 7) is 0.513. The summed E-state index contributed by atoms with van der Waals surface area (Å²) in [5.41, 5.74) is 5.32. The lowest BCUT2D eigenvalue weighted by molar-refractivity contribution is -0.138. The van der Waals surface area contributed by atoms with E-state index in [0.29, 0.717) is 13.0 Å². The van der Waals surface area contributed by atoms with Gasteiger partial charge >= 0.3 is 5.97 Å². The van der Waals surface area contributed by atoms with Gasteiger partial charge in [0.05, 0.1) is 10.7 Å². The zero-order chi connectivity index (χ0) is 9.84. The highest BCUT2D eigenvalue weighted by Crippen LogP contribution is 2.06. The van der Waals surface area contributed by atoms with Gasteiger partial charge in [0, 0.05) is 12.7 Å². The molecule has 0 spiro atoms. The standard InChI is InChI=1S/C7H10BrN3O2/c8-5-3-10-11(4-5)2-1-6(9)7(12)13/h3-4,6H,1-2,9H2,(H,12,13)/t6-/m1/s1. The number of rotatable bonds is 4. The Morgan fingerprint density at radius 2 is 2.54 bits per heavy atom. The van der Waals surface area contributed by atoms with Crippen LogP contribution in [-0.4, -0.2) is 26.9 Å². The van der Waals surface area contributed by atoms with Crippen LogP contribution in [0.1, 0.15) is 6.42 Å². The smallest absolute Gasteiger partial charge is 0.320 e. The van der Waals surface area contributed by atoms with Gasteiger partial charge in [-0.15, -0.1) is 0 Å². The van der Waals surface area contributed by atoms with E-state index in [1.807, 2.05) is 0 Å². The molecule has 0 unspecified atom stereocenters. The second-order valence-corrected chi connectivity index (χ2v) is 3.57. The van der Waals surface area contributed by atoms with Crippen LogP contribution in [0, 0.1) is 0 Å². The van der Waals surface area contributed by atoms with E-state index >= 15 is 0 Å². The van der Waals surface area contributed by atoms with E-state index in [1.54, 1.807) is 17.1 Å². The van der Waals surface area contributed by atoms with Crippen molar-refractivity contribution < 1.29 is 9.90 Å². The maximum atomic E-state index is 10.4. The molecule has 0 amide bonds. The minimum Gasteiger partial charge on any atom is -0.480 e. The molecule has 0 aliphatic heterocycles. The van der Waals surface area contributed by atoms with Crippen LogP contribution in [-0.2, 0) is 11.3 Å². The maximum Gasteiger partial charge on any atom is 0.320 e. The van der Waals surface area contributed by atoms with Gasteiger partial charge in [0.1, 0.15) is 6.04 Å². The molecule has 6 heteroatoms. The van der Waals surface area contributed by atoms with Gasteiger partial charge < -0.3 is 10.8 Å². The summed E-state index contributed by atoms with van der Waals surface area (Å²) < 4.78 is 2.52. The summed E-state index contributed by atoms with van der Waals surface area (Å²) in [6.07, 6.45) is 3.80. The molecule has 0 bridgehead atoms. The number of halogens is 1. The molecule has 1 aromatic heterocycles. The van der Waals surface area contributed by atoms with Crippen molar-refractivity contribution in [3.8, 4) is 0 Å². The number of carboxylic acids is 1. The Bertz CT molecular complexity index is 300. The lowest BCUT2D eigenvalue weighted by Gasteiger charge is -2.05. The van der Waals surface area contributed by atoms with Crippen LogP contribution in [0.15, 0.2) is 16.9 Å². The zero-order valence-electron chi connectivity index (χ0n) is 6.85. The van der Waals surface area contributed by atoms with Crippen LogP contribution in [0.5, 0.6) is 0 Å². The van der Waals surface area contributed by atoms with Gasteiger partial charge in [0.2, 0.25) is 0 Å². The second kappa shape index (κ2) is 4.38. The molecule has 5 nitrogen and oxygen atoms in total. The number of carboxylic acid groups (broad SMARTS) is 1. The fraction of sp³-hybridized carbons (Fsp3) is 0.429. The SMILES string of the molecule is N[C@H](CCn1cc(Br)cn1)C(=O)O. The number of hydrogen-bond donors (Lipinski definition) is 2. The molecule has 0 radical (unpaired) electrons. The van der Waals surface area contributed by atoms with E-state index in [4.69, 9.17) is 10.8 Å². The van der Waals surface area contributed by atoms with E-state index in [1.165, 1.54) is 0 Å². The summed E-state index contributed by atoms with van der Waals surface area (Å²) in [6, 6.07) is -0.817. The van der Waals surface area contributed by atoms with Crippen molar-refractivity contribution in [1.29, 1.82) is 0 Å². The lowest BCUT2D eigenvalue weighted by atomic mass is 10.2. The van der Waals surface area contributed by atoms with E-state index in [0.717, 1.165) is 4.47 Å². The average molecular weight is 248 g/mol. The summed E-state index contributed by atoms with van der Waals surface area (Å²) in [5.74, 6) is -0.980. The zero-order valence-corrected chi connectivity index (χ0v) is 8.44. The van der Waals surface area contributed by atoms with Gasteiger partial charge in [-0.2, -0.15) is 5.10 Å². The van der Waals surface area contributed by atoms with Gasteiger partial charge in [-0.25, -0.2) is 0 Å². The molecule has 0 saturated heterocycles. The molecule has 0 aliphatic rings. The molecule has 0 aliphatic carbocycles. The van der Waals surface area contributed by atoms with Crippen molar-refractivity contribution in [3.05, 3.63) is 16.9 Å². The molecule has 0 saturated carbocycles. The van der Waals surface area contributed by atoms with E-state index in [9.17, 15) is 4.79 Å². The quantitative estimate of drug-likeness (QED) is 0.810. The Balaban J connectivity index is 2.39. The second-order valence-electron chi connectivity index (χ2n) is 2.66. The van der Waals surface area contributed by atoms with Crippen molar-refractivity contribution in [3.63, 3.8) is 0 Å². The fourth-order valence-electron chi connectivity index (χ4n) is 0.855. The number of carbonyl (C=O) groups is 1. The first-order chi connectivity index (χ1) is 6.09. The van der Waals surface area contributed by atoms with Crippen LogP contribution in [0.2, 0.25) is 0 Å². The topological polar surface area (TPSA) is 81.1 Å². The molecule has 72 valence electrons. The van der Waals surface area contributed by atoms with Crippen molar-refractivity contribution >= 4 is 21.9 Å². The van der Waals surface area contributed by atoms with E-state index in [-0.39, 0.29) is 0 Å². The largest absolute Gasteiger partial charge is 0.480 e. The predicted molar refractivity (Wildman–Crippen MR) is 50.2 cm³/mol. The van der Waals surface area contributed by atoms with Crippen LogP contribution in [0.3, 0.4) is 0 Å². The van der Waals surface area contributed by atoms with Crippen molar-refractivity contribution in [2.75, 3.05) is 0 Å². The minimum atomic E-state index is -0.980. The molecule has 1 atom stereocenters. The normalized spacial score (nSPS) is 12.8. The molecule has 0 aromatic carbocycles. The number of aromatic nitrogens is 2. The monoisotopic (exact) mass is 247 g/mol. The van der Waals surface area contributed by atoms with Crippen LogP contribution in [0.25, 0.3) is 0 Å². The number of nitrogens with two attached hydrogens (primary N) is 1. The summed E-state index contributed by atoms with van der Waals surface area (Å²) in [7, 11) is 0. The van der Waals surface area contributed by atoms with Crippen molar-refractivity contribution in [1.82, 2.24) is 9.78 Å². The number of nitrogens with zero attached hydrogens (tertiary/aromatic N) is 2. The van der Waals surface area contributed by atoms with Gasteiger partial charge in [0.15, 0.2) is 0 Å². The highest BCUT2D eigenvalue weighted by molar-refractivity contribution is 9.10. The van der Waals surface area contributed by atoms with Gasteiger partial charge in [-0.05, 0) is 22.4 Å². The Morgan fingerprint density at radius 1 is 1.85 bits per heavy atom.